The number of anilines is 1. The van der Waals surface area contributed by atoms with Crippen LogP contribution in [0.4, 0.5) is 5.95 Å². The molecular weight excluding hydrogens is 550 g/mol. The molecule has 10 heteroatoms. The number of nitrogens with zero attached hydrogens (tertiary/aromatic N) is 4. The van der Waals surface area contributed by atoms with Gasteiger partial charge in [0.15, 0.2) is 0 Å². The van der Waals surface area contributed by atoms with Crippen molar-refractivity contribution in [2.45, 2.75) is 78.2 Å². The number of hydrazine groups is 1. The Bertz CT molecular complexity index is 1520. The van der Waals surface area contributed by atoms with Crippen LogP contribution < -0.4 is 9.46 Å². The summed E-state index contributed by atoms with van der Waals surface area (Å²) >= 11 is 0. The number of hydrogen-bond donors (Lipinski definition) is 1. The number of hydrogen-bond acceptors (Lipinski definition) is 7. The molecule has 0 aliphatic carbocycles. The minimum Gasteiger partial charge on any atom is -0.475 e. The third kappa shape index (κ3) is 6.76. The van der Waals surface area contributed by atoms with Gasteiger partial charge in [-0.1, -0.05) is 58.4 Å². The molecule has 1 atom stereocenters. The number of aryl methyl sites for hydroxylation is 2. The first-order valence-electron chi connectivity index (χ1n) is 14.7. The maximum absolute atomic E-state index is 14.1. The van der Waals surface area contributed by atoms with Crippen molar-refractivity contribution in [3.63, 3.8) is 0 Å². The summed E-state index contributed by atoms with van der Waals surface area (Å²) in [5.41, 5.74) is 4.65. The Morgan fingerprint density at radius 2 is 1.79 bits per heavy atom. The van der Waals surface area contributed by atoms with Gasteiger partial charge in [0.05, 0.1) is 16.6 Å². The fourth-order valence-corrected chi connectivity index (χ4v) is 6.49. The Balaban J connectivity index is 1.97. The molecule has 1 amide bonds. The molecule has 226 valence electrons. The molecule has 0 spiro atoms. The first-order chi connectivity index (χ1) is 20.0. The lowest BCUT2D eigenvalue weighted by molar-refractivity contribution is -0.0371. The zero-order valence-corrected chi connectivity index (χ0v) is 26.6. The molecule has 9 nitrogen and oxygen atoms in total. The second-order valence-corrected chi connectivity index (χ2v) is 13.1. The third-order valence-corrected chi connectivity index (χ3v) is 8.90. The first-order valence-corrected chi connectivity index (χ1v) is 16.2. The van der Waals surface area contributed by atoms with Crippen molar-refractivity contribution in [2.24, 2.45) is 5.92 Å². The van der Waals surface area contributed by atoms with E-state index in [0.29, 0.717) is 31.0 Å². The van der Waals surface area contributed by atoms with Gasteiger partial charge >= 0.3 is 0 Å². The van der Waals surface area contributed by atoms with Crippen molar-refractivity contribution in [1.82, 2.24) is 20.0 Å². The zero-order chi connectivity index (χ0) is 30.6. The Morgan fingerprint density at radius 1 is 1.10 bits per heavy atom. The number of nitrogens with one attached hydrogen (secondary N) is 1. The predicted octanol–water partition coefficient (Wildman–Crippen LogP) is 6.02. The van der Waals surface area contributed by atoms with Crippen molar-refractivity contribution in [3.8, 4) is 17.1 Å². The van der Waals surface area contributed by atoms with Crippen LogP contribution in [0.2, 0.25) is 0 Å². The molecule has 4 rings (SSSR count). The number of fused-ring (bicyclic) bond motifs is 4. The lowest BCUT2D eigenvalue weighted by atomic mass is 9.96. The van der Waals surface area contributed by atoms with E-state index >= 15 is 0 Å². The fraction of sp³-hybridized carbons (Fsp3) is 0.469. The normalized spacial score (nSPS) is 16.8. The maximum atomic E-state index is 14.1. The number of amides is 1. The fourth-order valence-electron chi connectivity index (χ4n) is 5.50. The lowest BCUT2D eigenvalue weighted by Gasteiger charge is -2.39. The number of rotatable bonds is 8. The Kier molecular flexibility index (Phi) is 9.89. The van der Waals surface area contributed by atoms with Gasteiger partial charge in [0.2, 0.25) is 11.8 Å². The molecule has 1 aliphatic rings. The van der Waals surface area contributed by atoms with E-state index in [-0.39, 0.29) is 40.9 Å². The van der Waals surface area contributed by atoms with Crippen LogP contribution in [0.5, 0.6) is 5.88 Å². The van der Waals surface area contributed by atoms with Gasteiger partial charge in [0, 0.05) is 30.3 Å². The van der Waals surface area contributed by atoms with E-state index in [1.54, 1.807) is 17.1 Å². The molecular formula is C32H43N5O4S. The number of carbonyl (C=O) groups excluding carboxylic acids is 1. The van der Waals surface area contributed by atoms with E-state index in [4.69, 9.17) is 9.72 Å². The van der Waals surface area contributed by atoms with Crippen LogP contribution in [0.15, 0.2) is 47.4 Å². The van der Waals surface area contributed by atoms with E-state index in [1.807, 2.05) is 51.0 Å². The van der Waals surface area contributed by atoms with Crippen LogP contribution in [0.1, 0.15) is 74.0 Å². The highest BCUT2D eigenvalue weighted by Crippen LogP contribution is 2.35. The smallest absolute Gasteiger partial charge is 0.268 e. The third-order valence-electron chi connectivity index (χ3n) is 7.57. The van der Waals surface area contributed by atoms with Gasteiger partial charge in [0.1, 0.15) is 6.61 Å². The number of sulfonamides is 1. The van der Waals surface area contributed by atoms with E-state index in [1.165, 1.54) is 12.1 Å². The van der Waals surface area contributed by atoms with Gasteiger partial charge in [0.25, 0.3) is 15.9 Å². The van der Waals surface area contributed by atoms with Crippen molar-refractivity contribution in [1.29, 1.82) is 0 Å². The largest absolute Gasteiger partial charge is 0.475 e. The summed E-state index contributed by atoms with van der Waals surface area (Å²) in [4.78, 5) is 23.4. The van der Waals surface area contributed by atoms with Crippen LogP contribution in [0.25, 0.3) is 11.3 Å². The molecule has 2 heterocycles. The monoisotopic (exact) mass is 593 g/mol. The molecule has 2 aromatic carbocycles. The lowest BCUT2D eigenvalue weighted by Crippen LogP contribution is -2.53. The average Bonchev–Trinajstić information content (AvgIpc) is 2.94. The molecule has 42 heavy (non-hydrogen) atoms. The summed E-state index contributed by atoms with van der Waals surface area (Å²) < 4.78 is 36.3. The van der Waals surface area contributed by atoms with E-state index < -0.39 is 10.0 Å². The van der Waals surface area contributed by atoms with Crippen LogP contribution in [0, 0.1) is 19.8 Å². The summed E-state index contributed by atoms with van der Waals surface area (Å²) in [7, 11) is -2.22. The van der Waals surface area contributed by atoms with Crippen molar-refractivity contribution in [3.05, 3.63) is 64.7 Å². The van der Waals surface area contributed by atoms with Crippen LogP contribution in [-0.2, 0) is 16.4 Å². The highest BCUT2D eigenvalue weighted by molar-refractivity contribution is 7.92. The molecule has 0 saturated heterocycles. The van der Waals surface area contributed by atoms with Gasteiger partial charge in [-0.05, 0) is 68.4 Å². The molecule has 0 radical (unpaired) electrons. The van der Waals surface area contributed by atoms with Crippen LogP contribution in [-0.4, -0.2) is 60.6 Å². The summed E-state index contributed by atoms with van der Waals surface area (Å²) in [6.45, 7) is 13.2. The molecule has 0 saturated carbocycles. The van der Waals surface area contributed by atoms with E-state index in [0.717, 1.165) is 35.1 Å². The van der Waals surface area contributed by atoms with Gasteiger partial charge < -0.3 is 4.74 Å². The van der Waals surface area contributed by atoms with E-state index in [2.05, 4.69) is 30.5 Å². The van der Waals surface area contributed by atoms with Gasteiger partial charge in [-0.25, -0.2) is 23.1 Å². The van der Waals surface area contributed by atoms with E-state index in [9.17, 15) is 13.2 Å². The number of aromatic nitrogens is 2. The molecule has 0 unspecified atom stereocenters. The van der Waals surface area contributed by atoms with Gasteiger partial charge in [-0.2, -0.15) is 4.98 Å². The van der Waals surface area contributed by atoms with Crippen molar-refractivity contribution in [2.75, 3.05) is 24.9 Å². The maximum Gasteiger partial charge on any atom is 0.268 e. The molecule has 0 fully saturated rings. The molecule has 1 N–H and O–H groups in total. The quantitative estimate of drug-likeness (QED) is 0.341. The minimum absolute atomic E-state index is 0.0385. The summed E-state index contributed by atoms with van der Waals surface area (Å²) in [6.07, 6.45) is 3.13. The highest BCUT2D eigenvalue weighted by Gasteiger charge is 2.32. The predicted molar refractivity (Wildman–Crippen MR) is 166 cm³/mol. The van der Waals surface area contributed by atoms with Crippen LogP contribution in [0.3, 0.4) is 0 Å². The van der Waals surface area contributed by atoms with Crippen LogP contribution >= 0.6 is 0 Å². The van der Waals surface area contributed by atoms with Gasteiger partial charge in [-0.15, -0.1) is 0 Å². The highest BCUT2D eigenvalue weighted by atomic mass is 32.2. The Labute approximate surface area is 250 Å². The second-order valence-electron chi connectivity index (χ2n) is 11.4. The van der Waals surface area contributed by atoms with Gasteiger partial charge in [-0.3, -0.25) is 9.80 Å². The number of benzene rings is 2. The Morgan fingerprint density at radius 3 is 2.43 bits per heavy atom. The second kappa shape index (κ2) is 13.2. The average molecular weight is 594 g/mol. The summed E-state index contributed by atoms with van der Waals surface area (Å²) in [6, 6.07) is 11.8. The van der Waals surface area contributed by atoms with Crippen molar-refractivity contribution >= 4 is 21.9 Å². The summed E-state index contributed by atoms with van der Waals surface area (Å²) in [5, 5.41) is 3.68. The first kappa shape index (κ1) is 31.4. The zero-order valence-electron chi connectivity index (χ0n) is 25.8. The number of carbonyl (C=O) groups is 1. The van der Waals surface area contributed by atoms with Crippen molar-refractivity contribution < 1.29 is 17.9 Å². The Hall–Kier alpha value is -3.50. The summed E-state index contributed by atoms with van der Waals surface area (Å²) in [5.74, 6) is 0.234. The topological polar surface area (TPSA) is 105 Å². The standard InChI is InChI=1S/C32H43N5O4S/c1-8-10-17-36(7)37-25(18-21(3)4)20-41-30-27(9-2)29(28-22(5)13-11-14-23(28)6)33-32(34-30)35-42(39,40)26-16-12-15-24(19-26)31(37)38/h11-16,19,21,25H,8-10,17-18,20H2,1-7H3,(H,33,34,35)/t25-/m1/s1. The molecule has 1 aliphatic heterocycles. The number of unbranched alkanes of at least 4 members (excludes halogenated alkanes) is 1. The number of ether oxygens (including phenoxy) is 1. The molecule has 1 aromatic heterocycles. The molecule has 4 bridgehead atoms. The SMILES string of the molecule is CCCCN(C)N1C(=O)c2cccc(c2)S(=O)(=O)Nc2nc(c(CC)c(-c3c(C)cccc3C)n2)OC[C@H]1CC(C)C. The molecule has 3 aromatic rings. The minimum atomic E-state index is -4.12.